The average molecular weight is 468 g/mol. The van der Waals surface area contributed by atoms with Gasteiger partial charge >= 0.3 is 0 Å². The van der Waals surface area contributed by atoms with Crippen molar-refractivity contribution in [1.82, 2.24) is 0 Å². The topological polar surface area (TPSA) is 23.5 Å². The molecule has 1 atom stereocenters. The van der Waals surface area contributed by atoms with Gasteiger partial charge in [0.2, 0.25) is 0 Å². The van der Waals surface area contributed by atoms with Gasteiger partial charge in [-0.2, -0.15) is 0 Å². The Morgan fingerprint density at radius 3 is 1.88 bits per heavy atom. The Bertz CT molecular complexity index is 1220. The normalized spacial score (nSPS) is 11.8. The third kappa shape index (κ3) is 5.34. The number of nitrogens with zero attached hydrogens (tertiary/aromatic N) is 1. The first-order chi connectivity index (χ1) is 16.2. The lowest BCUT2D eigenvalue weighted by Gasteiger charge is -2.27. The maximum atomic E-state index is 11.0. The van der Waals surface area contributed by atoms with Crippen molar-refractivity contribution in [3.05, 3.63) is 113 Å². The molecular formula is C31H34NOP. The summed E-state index contributed by atoms with van der Waals surface area (Å²) in [6.45, 7) is 11.6. The van der Waals surface area contributed by atoms with E-state index in [2.05, 4.69) is 124 Å². The number of phenols is 1. The molecule has 0 fully saturated rings. The molecule has 0 aromatic heterocycles. The molecule has 1 unspecified atom stereocenters. The molecule has 0 amide bonds. The van der Waals surface area contributed by atoms with Crippen molar-refractivity contribution in [1.29, 1.82) is 0 Å². The van der Waals surface area contributed by atoms with E-state index in [1.54, 1.807) is 0 Å². The van der Waals surface area contributed by atoms with Crippen molar-refractivity contribution in [3.63, 3.8) is 0 Å². The maximum absolute atomic E-state index is 11.0. The van der Waals surface area contributed by atoms with Crippen LogP contribution in [0.2, 0.25) is 0 Å². The van der Waals surface area contributed by atoms with Crippen LogP contribution in [0.15, 0.2) is 91.0 Å². The fraction of sp³-hybridized carbons (Fsp3) is 0.226. The van der Waals surface area contributed by atoms with Gasteiger partial charge < -0.3 is 10.0 Å². The lowest BCUT2D eigenvalue weighted by atomic mass is 9.86. The van der Waals surface area contributed by atoms with E-state index in [9.17, 15) is 5.11 Å². The van der Waals surface area contributed by atoms with Crippen LogP contribution in [-0.2, 0) is 12.0 Å². The highest BCUT2D eigenvalue weighted by Crippen LogP contribution is 2.32. The van der Waals surface area contributed by atoms with Crippen molar-refractivity contribution < 1.29 is 5.11 Å². The summed E-state index contributed by atoms with van der Waals surface area (Å²) < 4.78 is 0. The van der Waals surface area contributed by atoms with E-state index < -0.39 is 0 Å². The van der Waals surface area contributed by atoms with Gasteiger partial charge in [0, 0.05) is 23.2 Å². The molecule has 4 aromatic carbocycles. The lowest BCUT2D eigenvalue weighted by molar-refractivity contribution is 0.474. The third-order valence-electron chi connectivity index (χ3n) is 6.25. The molecule has 0 aliphatic rings. The lowest BCUT2D eigenvalue weighted by Crippen LogP contribution is -2.23. The van der Waals surface area contributed by atoms with Crippen molar-refractivity contribution in [2.75, 3.05) is 4.90 Å². The first kappa shape index (κ1) is 24.0. The minimum Gasteiger partial charge on any atom is -0.507 e. The molecule has 3 heteroatoms. The Morgan fingerprint density at radius 2 is 1.32 bits per heavy atom. The van der Waals surface area contributed by atoms with E-state index in [0.29, 0.717) is 14.3 Å². The Kier molecular flexibility index (Phi) is 7.10. The van der Waals surface area contributed by atoms with Gasteiger partial charge in [-0.25, -0.2) is 0 Å². The third-order valence-corrected chi connectivity index (χ3v) is 7.87. The minimum absolute atomic E-state index is 0.0314. The fourth-order valence-corrected chi connectivity index (χ4v) is 5.62. The largest absolute Gasteiger partial charge is 0.507 e. The van der Waals surface area contributed by atoms with E-state index in [1.165, 1.54) is 22.0 Å². The second kappa shape index (κ2) is 10.0. The molecule has 0 saturated carbocycles. The molecule has 4 aromatic rings. The van der Waals surface area contributed by atoms with Crippen molar-refractivity contribution >= 4 is 30.6 Å². The van der Waals surface area contributed by atoms with Crippen LogP contribution in [0, 0.1) is 13.8 Å². The van der Waals surface area contributed by atoms with Gasteiger partial charge in [-0.1, -0.05) is 90.0 Å². The molecule has 1 N–H and O–H groups in total. The van der Waals surface area contributed by atoms with Gasteiger partial charge in [0.05, 0.1) is 0 Å². The van der Waals surface area contributed by atoms with Crippen LogP contribution < -0.4 is 15.5 Å². The van der Waals surface area contributed by atoms with Crippen molar-refractivity contribution in [2.45, 2.75) is 46.6 Å². The maximum Gasteiger partial charge on any atom is 0.126 e. The van der Waals surface area contributed by atoms with Crippen LogP contribution in [0.25, 0.3) is 0 Å². The first-order valence-electron chi connectivity index (χ1n) is 11.8. The highest BCUT2D eigenvalue weighted by atomic mass is 31.1. The standard InChI is InChI=1S/C31H34NOP/c1-22-13-12-14-24(21-32(26-15-8-6-9-16-26)27-17-10-7-11-18-27)30(22)34-28-20-25(31(3,4)5)19-23(2)29(28)33/h6-20,33-34H,21H2,1-5H3. The monoisotopic (exact) mass is 467 g/mol. The van der Waals surface area contributed by atoms with E-state index in [0.717, 1.165) is 28.8 Å². The van der Waals surface area contributed by atoms with Gasteiger partial charge in [0.1, 0.15) is 5.75 Å². The predicted octanol–water partition coefficient (Wildman–Crippen LogP) is 7.27. The number of hydrogen-bond acceptors (Lipinski definition) is 2. The Balaban J connectivity index is 1.76. The first-order valence-corrected chi connectivity index (χ1v) is 12.8. The Morgan fingerprint density at radius 1 is 0.735 bits per heavy atom. The average Bonchev–Trinajstić information content (AvgIpc) is 2.82. The molecule has 34 heavy (non-hydrogen) atoms. The van der Waals surface area contributed by atoms with E-state index in [4.69, 9.17) is 0 Å². The number of para-hydroxylation sites is 2. The van der Waals surface area contributed by atoms with Crippen molar-refractivity contribution in [3.8, 4) is 5.75 Å². The summed E-state index contributed by atoms with van der Waals surface area (Å²) in [4.78, 5) is 2.36. The van der Waals surface area contributed by atoms with E-state index >= 15 is 0 Å². The number of benzene rings is 4. The zero-order valence-corrected chi connectivity index (χ0v) is 21.8. The summed E-state index contributed by atoms with van der Waals surface area (Å²) in [7, 11) is 0.383. The second-order valence-electron chi connectivity index (χ2n) is 9.93. The van der Waals surface area contributed by atoms with Crippen LogP contribution >= 0.6 is 8.58 Å². The van der Waals surface area contributed by atoms with E-state index in [-0.39, 0.29) is 5.41 Å². The van der Waals surface area contributed by atoms with Crippen molar-refractivity contribution in [2.24, 2.45) is 0 Å². The smallest absolute Gasteiger partial charge is 0.126 e. The van der Waals surface area contributed by atoms with Gasteiger partial charge in [-0.05, 0) is 77.2 Å². The molecule has 0 radical (unpaired) electrons. The molecule has 174 valence electrons. The second-order valence-corrected chi connectivity index (χ2v) is 11.2. The van der Waals surface area contributed by atoms with Crippen LogP contribution in [0.1, 0.15) is 43.0 Å². The molecule has 0 bridgehead atoms. The number of hydrogen-bond donors (Lipinski definition) is 1. The number of rotatable bonds is 6. The van der Waals surface area contributed by atoms with Gasteiger partial charge in [-0.3, -0.25) is 0 Å². The predicted molar refractivity (Wildman–Crippen MR) is 149 cm³/mol. The molecule has 2 nitrogen and oxygen atoms in total. The summed E-state index contributed by atoms with van der Waals surface area (Å²) in [6.07, 6.45) is 0. The van der Waals surface area contributed by atoms with Crippen LogP contribution in [0.5, 0.6) is 5.75 Å². The Hall–Kier alpha value is -3.09. The van der Waals surface area contributed by atoms with Gasteiger partial charge in [0.25, 0.3) is 0 Å². The van der Waals surface area contributed by atoms with Crippen LogP contribution in [-0.4, -0.2) is 5.11 Å². The van der Waals surface area contributed by atoms with Crippen LogP contribution in [0.3, 0.4) is 0 Å². The molecule has 0 aliphatic carbocycles. The molecular weight excluding hydrogens is 433 g/mol. The quantitative estimate of drug-likeness (QED) is 0.301. The highest BCUT2D eigenvalue weighted by Gasteiger charge is 2.20. The zero-order chi connectivity index (χ0) is 24.3. The summed E-state index contributed by atoms with van der Waals surface area (Å²) in [5.41, 5.74) is 7.11. The molecule has 0 heterocycles. The summed E-state index contributed by atoms with van der Waals surface area (Å²) in [6, 6.07) is 32.0. The minimum atomic E-state index is 0.0314. The number of anilines is 2. The Labute approximate surface area is 206 Å². The number of aryl methyl sites for hydroxylation is 2. The molecule has 4 rings (SSSR count). The molecule has 0 saturated heterocycles. The van der Waals surface area contributed by atoms with Gasteiger partial charge in [-0.15, -0.1) is 0 Å². The van der Waals surface area contributed by atoms with E-state index in [1.807, 2.05) is 6.92 Å². The molecule has 0 aliphatic heterocycles. The number of phenolic OH excluding ortho intramolecular Hbond substituents is 1. The SMILES string of the molecule is Cc1cc(C(C)(C)C)cc(Pc2c(C)cccc2CN(c2ccccc2)c2ccccc2)c1O. The summed E-state index contributed by atoms with van der Waals surface area (Å²) >= 11 is 0. The van der Waals surface area contributed by atoms with Crippen LogP contribution in [0.4, 0.5) is 11.4 Å². The summed E-state index contributed by atoms with van der Waals surface area (Å²) in [5.74, 6) is 0.420. The van der Waals surface area contributed by atoms with Gasteiger partial charge in [0.15, 0.2) is 0 Å². The number of aromatic hydroxyl groups is 1. The fourth-order valence-electron chi connectivity index (χ4n) is 4.20. The highest BCUT2D eigenvalue weighted by molar-refractivity contribution is 7.56. The zero-order valence-electron chi connectivity index (χ0n) is 20.8. The summed E-state index contributed by atoms with van der Waals surface area (Å²) in [5, 5.41) is 13.3. The molecule has 0 spiro atoms.